The molecule has 4 heteroatoms. The Balaban J connectivity index is 2.51. The van der Waals surface area contributed by atoms with Crippen molar-refractivity contribution < 1.29 is 14.3 Å². The van der Waals surface area contributed by atoms with Crippen LogP contribution in [0.2, 0.25) is 0 Å². The predicted molar refractivity (Wildman–Crippen MR) is 77.2 cm³/mol. The Morgan fingerprint density at radius 2 is 2.05 bits per heavy atom. The standard InChI is InChI=1S/C16H19NO3/c1-17(2)15(18)11-6-4-5-8-13-9-7-10-14(12-13)16(19)20-3/h7,9-10,12H,4,6,11H2,1-3H3. The minimum atomic E-state index is -0.370. The topological polar surface area (TPSA) is 46.6 Å². The lowest BCUT2D eigenvalue weighted by Crippen LogP contribution is -2.20. The van der Waals surface area contributed by atoms with Crippen molar-refractivity contribution in [3.8, 4) is 11.8 Å². The normalized spacial score (nSPS) is 9.35. The smallest absolute Gasteiger partial charge is 0.337 e. The van der Waals surface area contributed by atoms with E-state index in [1.807, 2.05) is 6.07 Å². The van der Waals surface area contributed by atoms with Gasteiger partial charge in [-0.25, -0.2) is 4.79 Å². The van der Waals surface area contributed by atoms with Crippen molar-refractivity contribution in [3.63, 3.8) is 0 Å². The van der Waals surface area contributed by atoms with Crippen molar-refractivity contribution in [1.82, 2.24) is 4.90 Å². The number of esters is 1. The van der Waals surface area contributed by atoms with Crippen LogP contribution in [0.5, 0.6) is 0 Å². The molecular weight excluding hydrogens is 254 g/mol. The van der Waals surface area contributed by atoms with Crippen molar-refractivity contribution in [2.75, 3.05) is 21.2 Å². The number of hydrogen-bond donors (Lipinski definition) is 0. The number of hydrogen-bond acceptors (Lipinski definition) is 3. The first kappa shape index (κ1) is 15.8. The van der Waals surface area contributed by atoms with E-state index >= 15 is 0 Å². The van der Waals surface area contributed by atoms with Gasteiger partial charge in [0.25, 0.3) is 0 Å². The van der Waals surface area contributed by atoms with E-state index in [-0.39, 0.29) is 11.9 Å². The van der Waals surface area contributed by atoms with Crippen molar-refractivity contribution in [1.29, 1.82) is 0 Å². The van der Waals surface area contributed by atoms with Crippen LogP contribution in [0.25, 0.3) is 0 Å². The maximum Gasteiger partial charge on any atom is 0.337 e. The van der Waals surface area contributed by atoms with Gasteiger partial charge in [-0.1, -0.05) is 17.9 Å². The van der Waals surface area contributed by atoms with Gasteiger partial charge in [0.2, 0.25) is 5.91 Å². The molecule has 106 valence electrons. The minimum Gasteiger partial charge on any atom is -0.465 e. The average molecular weight is 273 g/mol. The van der Waals surface area contributed by atoms with E-state index in [4.69, 9.17) is 0 Å². The molecule has 0 aliphatic heterocycles. The Kier molecular flexibility index (Phi) is 6.31. The molecule has 0 N–H and O–H groups in total. The molecule has 0 radical (unpaired) electrons. The summed E-state index contributed by atoms with van der Waals surface area (Å²) in [6.45, 7) is 0. The van der Waals surface area contributed by atoms with Gasteiger partial charge in [-0.2, -0.15) is 0 Å². The molecular formula is C16H19NO3. The van der Waals surface area contributed by atoms with Gasteiger partial charge in [0, 0.05) is 32.5 Å². The summed E-state index contributed by atoms with van der Waals surface area (Å²) in [6, 6.07) is 6.99. The highest BCUT2D eigenvalue weighted by atomic mass is 16.5. The van der Waals surface area contributed by atoms with Gasteiger partial charge in [0.15, 0.2) is 0 Å². The lowest BCUT2D eigenvalue weighted by Gasteiger charge is -2.08. The summed E-state index contributed by atoms with van der Waals surface area (Å²) in [6.07, 6.45) is 1.90. The lowest BCUT2D eigenvalue weighted by atomic mass is 10.1. The van der Waals surface area contributed by atoms with Gasteiger partial charge in [0.05, 0.1) is 12.7 Å². The maximum atomic E-state index is 11.4. The maximum absolute atomic E-state index is 11.4. The quantitative estimate of drug-likeness (QED) is 0.479. The van der Waals surface area contributed by atoms with E-state index in [0.717, 1.165) is 12.0 Å². The van der Waals surface area contributed by atoms with Crippen LogP contribution in [-0.2, 0) is 9.53 Å². The summed E-state index contributed by atoms with van der Waals surface area (Å²) < 4.78 is 4.65. The first-order chi connectivity index (χ1) is 9.54. The zero-order valence-electron chi connectivity index (χ0n) is 12.1. The monoisotopic (exact) mass is 273 g/mol. The molecule has 1 rings (SSSR count). The fraction of sp³-hybridized carbons (Fsp3) is 0.375. The van der Waals surface area contributed by atoms with Gasteiger partial charge in [0.1, 0.15) is 0 Å². The zero-order valence-corrected chi connectivity index (χ0v) is 12.1. The molecule has 0 saturated heterocycles. The second-order valence-electron chi connectivity index (χ2n) is 4.52. The Morgan fingerprint density at radius 1 is 1.30 bits per heavy atom. The highest BCUT2D eigenvalue weighted by molar-refractivity contribution is 5.89. The van der Waals surface area contributed by atoms with Gasteiger partial charge in [-0.3, -0.25) is 4.79 Å². The summed E-state index contributed by atoms with van der Waals surface area (Å²) in [5.74, 6) is 5.73. The van der Waals surface area contributed by atoms with E-state index in [1.165, 1.54) is 7.11 Å². The van der Waals surface area contributed by atoms with Crippen molar-refractivity contribution in [2.24, 2.45) is 0 Å². The Labute approximate surface area is 119 Å². The molecule has 4 nitrogen and oxygen atoms in total. The summed E-state index contributed by atoms with van der Waals surface area (Å²) in [5, 5.41) is 0. The molecule has 0 fully saturated rings. The number of unbranched alkanes of at least 4 members (excludes halogenated alkanes) is 1. The van der Waals surface area contributed by atoms with E-state index in [9.17, 15) is 9.59 Å². The molecule has 0 saturated carbocycles. The molecule has 1 aromatic carbocycles. The lowest BCUT2D eigenvalue weighted by molar-refractivity contribution is -0.128. The average Bonchev–Trinajstić information content (AvgIpc) is 2.46. The molecule has 0 atom stereocenters. The summed E-state index contributed by atoms with van der Waals surface area (Å²) in [5.41, 5.74) is 1.26. The first-order valence-electron chi connectivity index (χ1n) is 6.42. The van der Waals surface area contributed by atoms with Crippen molar-refractivity contribution >= 4 is 11.9 Å². The molecule has 0 bridgehead atoms. The molecule has 0 heterocycles. The number of nitrogens with zero attached hydrogens (tertiary/aromatic N) is 1. The molecule has 0 spiro atoms. The van der Waals surface area contributed by atoms with Crippen LogP contribution in [0.1, 0.15) is 35.2 Å². The van der Waals surface area contributed by atoms with E-state index in [2.05, 4.69) is 16.6 Å². The van der Waals surface area contributed by atoms with Crippen LogP contribution in [0, 0.1) is 11.8 Å². The molecule has 0 aliphatic carbocycles. The van der Waals surface area contributed by atoms with E-state index in [0.29, 0.717) is 18.4 Å². The van der Waals surface area contributed by atoms with Gasteiger partial charge < -0.3 is 9.64 Å². The van der Waals surface area contributed by atoms with Crippen LogP contribution in [0.4, 0.5) is 0 Å². The molecule has 0 unspecified atom stereocenters. The number of rotatable bonds is 4. The van der Waals surface area contributed by atoms with Crippen LogP contribution >= 0.6 is 0 Å². The third kappa shape index (κ3) is 5.15. The Bertz CT molecular complexity index is 538. The number of carbonyl (C=O) groups excluding carboxylic acids is 2. The minimum absolute atomic E-state index is 0.111. The third-order valence-corrected chi connectivity index (χ3v) is 2.71. The molecule has 1 aromatic rings. The Morgan fingerprint density at radius 3 is 2.70 bits per heavy atom. The van der Waals surface area contributed by atoms with Crippen LogP contribution < -0.4 is 0 Å². The number of ether oxygens (including phenoxy) is 1. The second-order valence-corrected chi connectivity index (χ2v) is 4.52. The molecule has 0 aliphatic rings. The predicted octanol–water partition coefficient (Wildman–Crippen LogP) is 2.08. The number of carbonyl (C=O) groups is 2. The van der Waals surface area contributed by atoms with Crippen molar-refractivity contribution in [2.45, 2.75) is 19.3 Å². The van der Waals surface area contributed by atoms with Crippen LogP contribution in [0.3, 0.4) is 0 Å². The Hall–Kier alpha value is -2.28. The van der Waals surface area contributed by atoms with Crippen LogP contribution in [0.15, 0.2) is 24.3 Å². The van der Waals surface area contributed by atoms with Gasteiger partial charge in [-0.05, 0) is 24.6 Å². The fourth-order valence-corrected chi connectivity index (χ4v) is 1.56. The highest BCUT2D eigenvalue weighted by Gasteiger charge is 2.04. The highest BCUT2D eigenvalue weighted by Crippen LogP contribution is 2.06. The second kappa shape index (κ2) is 8.00. The van der Waals surface area contributed by atoms with E-state index in [1.54, 1.807) is 37.2 Å². The molecule has 20 heavy (non-hydrogen) atoms. The van der Waals surface area contributed by atoms with Crippen LogP contribution in [-0.4, -0.2) is 38.0 Å². The largest absolute Gasteiger partial charge is 0.465 e. The SMILES string of the molecule is COC(=O)c1cccc(C#CCCCC(=O)N(C)C)c1. The number of methoxy groups -OCH3 is 1. The summed E-state index contributed by atoms with van der Waals surface area (Å²) in [4.78, 5) is 24.3. The summed E-state index contributed by atoms with van der Waals surface area (Å²) in [7, 11) is 4.83. The summed E-state index contributed by atoms with van der Waals surface area (Å²) >= 11 is 0. The van der Waals surface area contributed by atoms with Gasteiger partial charge in [-0.15, -0.1) is 0 Å². The third-order valence-electron chi connectivity index (χ3n) is 2.71. The first-order valence-corrected chi connectivity index (χ1v) is 6.42. The fourth-order valence-electron chi connectivity index (χ4n) is 1.56. The number of benzene rings is 1. The zero-order chi connectivity index (χ0) is 15.0. The number of amides is 1. The molecule has 1 amide bonds. The van der Waals surface area contributed by atoms with Crippen molar-refractivity contribution in [3.05, 3.63) is 35.4 Å². The van der Waals surface area contributed by atoms with E-state index < -0.39 is 0 Å². The molecule has 0 aromatic heterocycles. The van der Waals surface area contributed by atoms with Gasteiger partial charge >= 0.3 is 5.97 Å².